The Morgan fingerprint density at radius 3 is 2.55 bits per heavy atom. The van der Waals surface area contributed by atoms with Crippen LogP contribution in [0.2, 0.25) is 0 Å². The van der Waals surface area contributed by atoms with Crippen LogP contribution in [0.4, 0.5) is 4.79 Å². The molecule has 3 fully saturated rings. The lowest BCUT2D eigenvalue weighted by Crippen LogP contribution is -2.48. The highest BCUT2D eigenvalue weighted by molar-refractivity contribution is 5.78. The highest BCUT2D eigenvalue weighted by Crippen LogP contribution is 2.36. The Balaban J connectivity index is 1.58. The zero-order chi connectivity index (χ0) is 19.8. The van der Waals surface area contributed by atoms with Crippen molar-refractivity contribution in [2.45, 2.75) is 50.6 Å². The zero-order valence-electron chi connectivity index (χ0n) is 16.8. The molecule has 5 rings (SSSR count). The summed E-state index contributed by atoms with van der Waals surface area (Å²) in [6.07, 6.45) is 6.10. The lowest BCUT2D eigenvalue weighted by atomic mass is 10.1. The standard InChI is InChI=1S/C22H28N4O3/c27-21-17-8-3-4-9-18(17)23-20(26(21)16-6-1-2-7-16)19-10-5-11-25(19)22(28)24-12-14-29-15-13-24/h3-4,8-9,16,19H,1-2,5-7,10-15H2. The Hall–Kier alpha value is -2.41. The average molecular weight is 396 g/mol. The van der Waals surface area contributed by atoms with Crippen LogP contribution in [0.1, 0.15) is 56.4 Å². The molecular weight excluding hydrogens is 368 g/mol. The number of para-hydroxylation sites is 1. The number of aromatic nitrogens is 2. The Kier molecular flexibility index (Phi) is 4.99. The smallest absolute Gasteiger partial charge is 0.320 e. The van der Waals surface area contributed by atoms with Crippen LogP contribution >= 0.6 is 0 Å². The van der Waals surface area contributed by atoms with E-state index in [0.29, 0.717) is 38.2 Å². The molecule has 1 aromatic heterocycles. The van der Waals surface area contributed by atoms with Crippen LogP contribution in [-0.2, 0) is 4.74 Å². The molecule has 0 spiro atoms. The van der Waals surface area contributed by atoms with E-state index in [2.05, 4.69) is 0 Å². The molecule has 1 atom stereocenters. The first kappa shape index (κ1) is 18.6. The Morgan fingerprint density at radius 2 is 1.76 bits per heavy atom. The first-order chi connectivity index (χ1) is 14.2. The van der Waals surface area contributed by atoms with Gasteiger partial charge in [0.2, 0.25) is 0 Å². The second-order valence-corrected chi connectivity index (χ2v) is 8.33. The average Bonchev–Trinajstić information content (AvgIpc) is 3.46. The number of hydrogen-bond donors (Lipinski definition) is 0. The fourth-order valence-corrected chi connectivity index (χ4v) is 5.11. The first-order valence-corrected chi connectivity index (χ1v) is 10.9. The fraction of sp³-hybridized carbons (Fsp3) is 0.591. The van der Waals surface area contributed by atoms with Gasteiger partial charge in [-0.05, 0) is 37.8 Å². The van der Waals surface area contributed by atoms with E-state index in [4.69, 9.17) is 9.72 Å². The minimum Gasteiger partial charge on any atom is -0.378 e. The summed E-state index contributed by atoms with van der Waals surface area (Å²) in [7, 11) is 0. The van der Waals surface area contributed by atoms with Crippen LogP contribution in [0.3, 0.4) is 0 Å². The molecule has 2 amide bonds. The van der Waals surface area contributed by atoms with E-state index < -0.39 is 0 Å². The number of morpholine rings is 1. The van der Waals surface area contributed by atoms with Crippen LogP contribution in [0.5, 0.6) is 0 Å². The number of rotatable bonds is 2. The largest absolute Gasteiger partial charge is 0.378 e. The van der Waals surface area contributed by atoms with Crippen LogP contribution < -0.4 is 5.56 Å². The number of carbonyl (C=O) groups excluding carboxylic acids is 1. The van der Waals surface area contributed by atoms with Gasteiger partial charge < -0.3 is 14.5 Å². The summed E-state index contributed by atoms with van der Waals surface area (Å²) < 4.78 is 7.34. The van der Waals surface area contributed by atoms with E-state index in [0.717, 1.165) is 49.9 Å². The number of hydrogen-bond acceptors (Lipinski definition) is 4. The molecular formula is C22H28N4O3. The third-order valence-corrected chi connectivity index (χ3v) is 6.60. The SMILES string of the molecule is O=C(N1CCOCC1)N1CCCC1c1nc2ccccc2c(=O)n1C1CCCC1. The van der Waals surface area contributed by atoms with E-state index >= 15 is 0 Å². The molecule has 2 aliphatic heterocycles. The van der Waals surface area contributed by atoms with Gasteiger partial charge in [-0.1, -0.05) is 25.0 Å². The van der Waals surface area contributed by atoms with Gasteiger partial charge in [0.1, 0.15) is 5.82 Å². The molecule has 2 saturated heterocycles. The summed E-state index contributed by atoms with van der Waals surface area (Å²) in [5, 5.41) is 0.673. The maximum atomic E-state index is 13.5. The third-order valence-electron chi connectivity index (χ3n) is 6.60. The summed E-state index contributed by atoms with van der Waals surface area (Å²) in [6.45, 7) is 3.15. The van der Waals surface area contributed by atoms with E-state index in [9.17, 15) is 9.59 Å². The van der Waals surface area contributed by atoms with Gasteiger partial charge >= 0.3 is 6.03 Å². The van der Waals surface area contributed by atoms with Crippen LogP contribution in [0.15, 0.2) is 29.1 Å². The fourth-order valence-electron chi connectivity index (χ4n) is 5.11. The van der Waals surface area contributed by atoms with Crippen molar-refractivity contribution in [3.8, 4) is 0 Å². The molecule has 0 N–H and O–H groups in total. The predicted molar refractivity (Wildman–Crippen MR) is 110 cm³/mol. The highest BCUT2D eigenvalue weighted by Gasteiger charge is 2.37. The van der Waals surface area contributed by atoms with Crippen LogP contribution in [0.25, 0.3) is 10.9 Å². The number of ether oxygens (including phenoxy) is 1. The Morgan fingerprint density at radius 1 is 1.00 bits per heavy atom. The minimum absolute atomic E-state index is 0.0446. The van der Waals surface area contributed by atoms with Gasteiger partial charge in [-0.2, -0.15) is 0 Å². The number of fused-ring (bicyclic) bond motifs is 1. The van der Waals surface area contributed by atoms with Gasteiger partial charge in [-0.15, -0.1) is 0 Å². The summed E-state index contributed by atoms with van der Waals surface area (Å²) in [5.41, 5.74) is 0.774. The van der Waals surface area contributed by atoms with Crippen molar-refractivity contribution in [2.75, 3.05) is 32.8 Å². The molecule has 1 unspecified atom stereocenters. The predicted octanol–water partition coefficient (Wildman–Crippen LogP) is 3.10. The monoisotopic (exact) mass is 396 g/mol. The molecule has 2 aromatic rings. The number of amides is 2. The number of carbonyl (C=O) groups is 1. The second kappa shape index (κ2) is 7.78. The van der Waals surface area contributed by atoms with Gasteiger partial charge in [-0.25, -0.2) is 9.78 Å². The van der Waals surface area contributed by atoms with Gasteiger partial charge in [-0.3, -0.25) is 9.36 Å². The molecule has 3 aliphatic rings. The summed E-state index contributed by atoms with van der Waals surface area (Å²) in [6, 6.07) is 7.69. The van der Waals surface area contributed by atoms with Crippen molar-refractivity contribution >= 4 is 16.9 Å². The summed E-state index contributed by atoms with van der Waals surface area (Å²) in [4.78, 5) is 35.5. The lowest BCUT2D eigenvalue weighted by Gasteiger charge is -2.34. The quantitative estimate of drug-likeness (QED) is 0.782. The molecule has 1 aromatic carbocycles. The molecule has 7 heteroatoms. The maximum Gasteiger partial charge on any atom is 0.320 e. The Bertz CT molecular complexity index is 960. The van der Waals surface area contributed by atoms with E-state index in [1.54, 1.807) is 0 Å². The summed E-state index contributed by atoms with van der Waals surface area (Å²) in [5.74, 6) is 0.778. The zero-order valence-corrected chi connectivity index (χ0v) is 16.8. The van der Waals surface area contributed by atoms with Gasteiger partial charge in [0.25, 0.3) is 5.56 Å². The van der Waals surface area contributed by atoms with Crippen molar-refractivity contribution in [3.05, 3.63) is 40.4 Å². The molecule has 29 heavy (non-hydrogen) atoms. The number of likely N-dealkylation sites (tertiary alicyclic amines) is 1. The van der Waals surface area contributed by atoms with E-state index in [1.807, 2.05) is 38.6 Å². The van der Waals surface area contributed by atoms with Crippen molar-refractivity contribution in [1.82, 2.24) is 19.4 Å². The minimum atomic E-state index is -0.136. The molecule has 3 heterocycles. The van der Waals surface area contributed by atoms with E-state index in [-0.39, 0.29) is 23.7 Å². The number of nitrogens with zero attached hydrogens (tertiary/aromatic N) is 4. The number of urea groups is 1. The highest BCUT2D eigenvalue weighted by atomic mass is 16.5. The van der Waals surface area contributed by atoms with Crippen molar-refractivity contribution in [1.29, 1.82) is 0 Å². The Labute approximate surface area is 170 Å². The van der Waals surface area contributed by atoms with Gasteiger partial charge in [0.05, 0.1) is 30.2 Å². The van der Waals surface area contributed by atoms with Crippen molar-refractivity contribution < 1.29 is 9.53 Å². The van der Waals surface area contributed by atoms with Gasteiger partial charge in [0, 0.05) is 25.7 Å². The topological polar surface area (TPSA) is 67.7 Å². The molecule has 0 bridgehead atoms. The lowest BCUT2D eigenvalue weighted by molar-refractivity contribution is 0.0416. The first-order valence-electron chi connectivity index (χ1n) is 10.9. The van der Waals surface area contributed by atoms with E-state index in [1.165, 1.54) is 0 Å². The molecule has 1 saturated carbocycles. The molecule has 154 valence electrons. The van der Waals surface area contributed by atoms with Crippen LogP contribution in [0, 0.1) is 0 Å². The van der Waals surface area contributed by atoms with Gasteiger partial charge in [0.15, 0.2) is 0 Å². The van der Waals surface area contributed by atoms with Crippen LogP contribution in [-0.4, -0.2) is 58.2 Å². The van der Waals surface area contributed by atoms with Crippen molar-refractivity contribution in [2.24, 2.45) is 0 Å². The molecule has 0 radical (unpaired) electrons. The van der Waals surface area contributed by atoms with Crippen molar-refractivity contribution in [3.63, 3.8) is 0 Å². The summed E-state index contributed by atoms with van der Waals surface area (Å²) >= 11 is 0. The number of benzene rings is 1. The molecule has 1 aliphatic carbocycles. The maximum absolute atomic E-state index is 13.5. The second-order valence-electron chi connectivity index (χ2n) is 8.33. The molecule has 7 nitrogen and oxygen atoms in total. The normalized spacial score (nSPS) is 23.2. The third kappa shape index (κ3) is 3.31.